The fraction of sp³-hybridized carbons (Fsp3) is 0.400. The van der Waals surface area contributed by atoms with Crippen LogP contribution in [0.2, 0.25) is 0 Å². The van der Waals surface area contributed by atoms with Crippen molar-refractivity contribution in [3.8, 4) is 0 Å². The average molecular weight is 256 g/mol. The van der Waals surface area contributed by atoms with Gasteiger partial charge in [0, 0.05) is 17.6 Å². The number of halogens is 1. The van der Waals surface area contributed by atoms with E-state index in [-0.39, 0.29) is 0 Å². The van der Waals surface area contributed by atoms with E-state index in [0.29, 0.717) is 6.04 Å². The number of anilines is 2. The van der Waals surface area contributed by atoms with Gasteiger partial charge in [0.1, 0.15) is 0 Å². The lowest BCUT2D eigenvalue weighted by Crippen LogP contribution is -2.52. The van der Waals surface area contributed by atoms with Gasteiger partial charge in [-0.3, -0.25) is 0 Å². The van der Waals surface area contributed by atoms with E-state index in [1.165, 1.54) is 0 Å². The van der Waals surface area contributed by atoms with Crippen LogP contribution in [0.5, 0.6) is 0 Å². The van der Waals surface area contributed by atoms with Crippen molar-refractivity contribution in [1.29, 1.82) is 0 Å². The molecule has 1 fully saturated rings. The Labute approximate surface area is 92.4 Å². The summed E-state index contributed by atoms with van der Waals surface area (Å²) in [4.78, 5) is 2.27. The highest BCUT2D eigenvalue weighted by Crippen LogP contribution is 2.28. The Hall–Kier alpha value is -0.740. The van der Waals surface area contributed by atoms with E-state index in [9.17, 15) is 0 Å². The molecule has 0 radical (unpaired) electrons. The maximum atomic E-state index is 5.92. The molecule has 4 heteroatoms. The van der Waals surface area contributed by atoms with E-state index in [2.05, 4.69) is 33.2 Å². The molecule has 0 amide bonds. The van der Waals surface area contributed by atoms with E-state index in [1.54, 1.807) is 0 Å². The van der Waals surface area contributed by atoms with Crippen molar-refractivity contribution in [3.63, 3.8) is 0 Å². The summed E-state index contributed by atoms with van der Waals surface area (Å²) in [6.45, 7) is 2.18. The zero-order valence-corrected chi connectivity index (χ0v) is 9.71. The van der Waals surface area contributed by atoms with Gasteiger partial charge in [-0.2, -0.15) is 0 Å². The topological polar surface area (TPSA) is 41.3 Å². The Bertz CT molecular complexity index is 334. The molecule has 1 aliphatic rings. The van der Waals surface area contributed by atoms with Crippen molar-refractivity contribution >= 4 is 27.3 Å². The monoisotopic (exact) mass is 255 g/mol. The van der Waals surface area contributed by atoms with E-state index >= 15 is 0 Å². The van der Waals surface area contributed by atoms with Crippen molar-refractivity contribution < 1.29 is 0 Å². The Morgan fingerprint density at radius 2 is 2.21 bits per heavy atom. The fourth-order valence-corrected chi connectivity index (χ4v) is 2.04. The Morgan fingerprint density at radius 1 is 1.50 bits per heavy atom. The van der Waals surface area contributed by atoms with E-state index in [4.69, 9.17) is 5.73 Å². The molecule has 1 aromatic rings. The Balaban J connectivity index is 2.06. The summed E-state index contributed by atoms with van der Waals surface area (Å²) in [6.07, 6.45) is 0. The molecule has 1 aliphatic heterocycles. The first-order valence-electron chi connectivity index (χ1n) is 4.66. The first-order valence-corrected chi connectivity index (χ1v) is 5.45. The molecule has 76 valence electrons. The first kappa shape index (κ1) is 9.80. The average Bonchev–Trinajstić information content (AvgIpc) is 2.10. The van der Waals surface area contributed by atoms with Crippen LogP contribution >= 0.6 is 15.9 Å². The molecule has 0 saturated carbocycles. The Morgan fingerprint density at radius 3 is 2.86 bits per heavy atom. The van der Waals surface area contributed by atoms with Gasteiger partial charge in [-0.15, -0.1) is 0 Å². The standard InChI is InChI=1S/C10H14BrN3/c1-14-5-7(6-14)13-9-4-2-3-8(11)10(9)12/h2-4,7,13H,5-6,12H2,1H3. The van der Waals surface area contributed by atoms with E-state index in [1.807, 2.05) is 18.2 Å². The molecular weight excluding hydrogens is 242 g/mol. The Kier molecular flexibility index (Phi) is 2.65. The molecule has 0 unspecified atom stereocenters. The van der Waals surface area contributed by atoms with Crippen LogP contribution in [0, 0.1) is 0 Å². The highest BCUT2D eigenvalue weighted by Gasteiger charge is 2.23. The summed E-state index contributed by atoms with van der Waals surface area (Å²) in [5.41, 5.74) is 7.74. The molecule has 1 heterocycles. The predicted molar refractivity (Wildman–Crippen MR) is 63.5 cm³/mol. The van der Waals surface area contributed by atoms with Gasteiger partial charge in [-0.25, -0.2) is 0 Å². The second kappa shape index (κ2) is 3.79. The second-order valence-corrected chi connectivity index (χ2v) is 4.62. The van der Waals surface area contributed by atoms with Crippen molar-refractivity contribution in [1.82, 2.24) is 4.90 Å². The van der Waals surface area contributed by atoms with E-state index in [0.717, 1.165) is 28.9 Å². The van der Waals surface area contributed by atoms with Gasteiger partial charge in [0.2, 0.25) is 0 Å². The zero-order chi connectivity index (χ0) is 10.1. The molecule has 2 rings (SSSR count). The number of nitrogen functional groups attached to an aromatic ring is 1. The first-order chi connectivity index (χ1) is 6.66. The van der Waals surface area contributed by atoms with Gasteiger partial charge < -0.3 is 16.0 Å². The van der Waals surface area contributed by atoms with E-state index < -0.39 is 0 Å². The van der Waals surface area contributed by atoms with Crippen molar-refractivity contribution in [2.45, 2.75) is 6.04 Å². The van der Waals surface area contributed by atoms with Gasteiger partial charge >= 0.3 is 0 Å². The molecular formula is C10H14BrN3. The van der Waals surface area contributed by atoms with Gasteiger partial charge in [0.05, 0.1) is 17.4 Å². The van der Waals surface area contributed by atoms with Crippen molar-refractivity contribution in [2.75, 3.05) is 31.2 Å². The lowest BCUT2D eigenvalue weighted by molar-refractivity contribution is 0.205. The van der Waals surface area contributed by atoms with Gasteiger partial charge in [0.15, 0.2) is 0 Å². The minimum Gasteiger partial charge on any atom is -0.396 e. The highest BCUT2D eigenvalue weighted by atomic mass is 79.9. The summed E-state index contributed by atoms with van der Waals surface area (Å²) in [6, 6.07) is 6.49. The quantitative estimate of drug-likeness (QED) is 0.792. The number of hydrogen-bond donors (Lipinski definition) is 2. The fourth-order valence-electron chi connectivity index (χ4n) is 1.67. The summed E-state index contributed by atoms with van der Waals surface area (Å²) < 4.78 is 0.954. The van der Waals surface area contributed by atoms with Gasteiger partial charge in [-0.05, 0) is 35.1 Å². The zero-order valence-electron chi connectivity index (χ0n) is 8.13. The molecule has 14 heavy (non-hydrogen) atoms. The molecule has 0 aromatic heterocycles. The van der Waals surface area contributed by atoms with Crippen LogP contribution in [-0.2, 0) is 0 Å². The number of likely N-dealkylation sites (tertiary alicyclic amines) is 1. The summed E-state index contributed by atoms with van der Waals surface area (Å²) in [7, 11) is 2.11. The lowest BCUT2D eigenvalue weighted by Gasteiger charge is -2.37. The second-order valence-electron chi connectivity index (χ2n) is 3.76. The number of likely N-dealkylation sites (N-methyl/N-ethyl adjacent to an activating group) is 1. The van der Waals surface area contributed by atoms with Crippen LogP contribution in [0.25, 0.3) is 0 Å². The van der Waals surface area contributed by atoms with Crippen LogP contribution in [0.3, 0.4) is 0 Å². The van der Waals surface area contributed by atoms with Crippen molar-refractivity contribution in [3.05, 3.63) is 22.7 Å². The number of rotatable bonds is 2. The minimum absolute atomic E-state index is 0.539. The summed E-state index contributed by atoms with van der Waals surface area (Å²) >= 11 is 3.41. The van der Waals surface area contributed by atoms with Crippen LogP contribution in [0.15, 0.2) is 22.7 Å². The molecule has 0 spiro atoms. The minimum atomic E-state index is 0.539. The molecule has 1 aromatic carbocycles. The molecule has 1 saturated heterocycles. The normalized spacial score (nSPS) is 17.9. The van der Waals surface area contributed by atoms with Crippen LogP contribution in [-0.4, -0.2) is 31.1 Å². The molecule has 3 nitrogen and oxygen atoms in total. The maximum absolute atomic E-state index is 5.92. The number of nitrogens with two attached hydrogens (primary N) is 1. The number of benzene rings is 1. The van der Waals surface area contributed by atoms with Crippen LogP contribution < -0.4 is 11.1 Å². The molecule has 0 bridgehead atoms. The maximum Gasteiger partial charge on any atom is 0.0694 e. The van der Waals surface area contributed by atoms with Gasteiger partial charge in [0.25, 0.3) is 0 Å². The third-order valence-corrected chi connectivity index (χ3v) is 3.17. The molecule has 0 aliphatic carbocycles. The highest BCUT2D eigenvalue weighted by molar-refractivity contribution is 9.10. The number of hydrogen-bond acceptors (Lipinski definition) is 3. The molecule has 0 atom stereocenters. The smallest absolute Gasteiger partial charge is 0.0694 e. The van der Waals surface area contributed by atoms with Crippen molar-refractivity contribution in [2.24, 2.45) is 0 Å². The lowest BCUT2D eigenvalue weighted by atomic mass is 10.1. The predicted octanol–water partition coefficient (Wildman–Crippen LogP) is 1.76. The van der Waals surface area contributed by atoms with Crippen LogP contribution in [0.1, 0.15) is 0 Å². The third kappa shape index (κ3) is 1.86. The number of nitrogens with one attached hydrogen (secondary N) is 1. The molecule has 3 N–H and O–H groups in total. The van der Waals surface area contributed by atoms with Gasteiger partial charge in [-0.1, -0.05) is 6.07 Å². The summed E-state index contributed by atoms with van der Waals surface area (Å²) in [5, 5.41) is 3.42. The third-order valence-electron chi connectivity index (χ3n) is 2.48. The SMILES string of the molecule is CN1CC(Nc2cccc(Br)c2N)C1. The number of nitrogens with zero attached hydrogens (tertiary/aromatic N) is 1. The number of para-hydroxylation sites is 1. The summed E-state index contributed by atoms with van der Waals surface area (Å²) in [5.74, 6) is 0. The largest absolute Gasteiger partial charge is 0.396 e. The van der Waals surface area contributed by atoms with Crippen LogP contribution in [0.4, 0.5) is 11.4 Å².